The quantitative estimate of drug-likeness (QED) is 0.189. The Kier molecular flexibility index (Phi) is 8.95. The van der Waals surface area contributed by atoms with Crippen LogP contribution in [-0.2, 0) is 4.79 Å². The van der Waals surface area contributed by atoms with Gasteiger partial charge in [0.2, 0.25) is 5.88 Å². The topological polar surface area (TPSA) is 113 Å². The van der Waals surface area contributed by atoms with Crippen LogP contribution >= 0.6 is 0 Å². The molecule has 0 bridgehead atoms. The second-order valence-corrected chi connectivity index (χ2v) is 9.04. The van der Waals surface area contributed by atoms with Crippen molar-refractivity contribution in [3.8, 4) is 34.8 Å². The van der Waals surface area contributed by atoms with Crippen molar-refractivity contribution in [2.75, 3.05) is 19.8 Å². The number of ether oxygens (including phenoxy) is 5. The minimum Gasteiger partial charge on any atom is -0.490 e. The van der Waals surface area contributed by atoms with Crippen molar-refractivity contribution in [1.82, 2.24) is 0 Å². The van der Waals surface area contributed by atoms with Crippen LogP contribution in [0.25, 0.3) is 0 Å². The molecule has 0 amide bonds. The molecule has 1 aliphatic heterocycles. The van der Waals surface area contributed by atoms with Crippen LogP contribution in [0.4, 0.5) is 0 Å². The highest BCUT2D eigenvalue weighted by molar-refractivity contribution is 5.74. The normalized spacial score (nSPS) is 14.1. The first-order valence-corrected chi connectivity index (χ1v) is 12.9. The molecule has 0 aromatic heterocycles. The van der Waals surface area contributed by atoms with Crippen molar-refractivity contribution < 1.29 is 28.5 Å². The van der Waals surface area contributed by atoms with Gasteiger partial charge < -0.3 is 29.4 Å². The van der Waals surface area contributed by atoms with Gasteiger partial charge in [-0.1, -0.05) is 37.6 Å². The van der Waals surface area contributed by atoms with Crippen LogP contribution in [0.3, 0.4) is 0 Å². The highest BCUT2D eigenvalue weighted by Gasteiger charge is 2.32. The van der Waals surface area contributed by atoms with Gasteiger partial charge in [0.15, 0.2) is 18.1 Å². The lowest BCUT2D eigenvalue weighted by atomic mass is 9.83. The number of nitriles is 1. The molecule has 0 saturated carbocycles. The fraction of sp³-hybridized carbons (Fsp3) is 0.290. The zero-order valence-electron chi connectivity index (χ0n) is 22.4. The van der Waals surface area contributed by atoms with Crippen molar-refractivity contribution in [2.45, 2.75) is 39.5 Å². The molecule has 1 heterocycles. The largest absolute Gasteiger partial charge is 0.490 e. The Balaban J connectivity index is 1.57. The second-order valence-electron chi connectivity index (χ2n) is 9.04. The number of hydrogen-bond acceptors (Lipinski definition) is 8. The third-order valence-corrected chi connectivity index (χ3v) is 6.12. The third kappa shape index (κ3) is 6.63. The van der Waals surface area contributed by atoms with E-state index in [2.05, 4.69) is 13.0 Å². The Hall–Kier alpha value is -4.64. The summed E-state index contributed by atoms with van der Waals surface area (Å²) in [6.45, 7) is 6.74. The van der Waals surface area contributed by atoms with Crippen LogP contribution in [0.5, 0.6) is 28.7 Å². The van der Waals surface area contributed by atoms with Gasteiger partial charge in [0, 0.05) is 11.6 Å². The summed E-state index contributed by atoms with van der Waals surface area (Å²) in [6.07, 6.45) is 1.96. The van der Waals surface area contributed by atoms with Gasteiger partial charge in [0.1, 0.15) is 28.9 Å². The lowest BCUT2D eigenvalue weighted by Crippen LogP contribution is -2.22. The van der Waals surface area contributed by atoms with Crippen LogP contribution in [0.15, 0.2) is 72.1 Å². The highest BCUT2D eigenvalue weighted by atomic mass is 16.6. The molecule has 39 heavy (non-hydrogen) atoms. The smallest absolute Gasteiger partial charge is 0.349 e. The number of allylic oxidation sites excluding steroid dienone is 1. The molecule has 202 valence electrons. The number of aryl methyl sites for hydroxylation is 1. The van der Waals surface area contributed by atoms with Crippen molar-refractivity contribution in [3.63, 3.8) is 0 Å². The molecule has 3 aromatic carbocycles. The summed E-state index contributed by atoms with van der Waals surface area (Å²) in [4.78, 5) is 12.4. The number of carbonyl (C=O) groups is 1. The standard InChI is InChI=1S/C31H32N2O6/c1-4-6-14-36-26-13-10-21(16-28(26)35-5-2)30-24-12-11-23(17-27(24)39-31(33)25(30)18-32)38-29(34)19-37-22-9-7-8-20(3)15-22/h7-13,15-17,30H,4-6,14,19,33H2,1-3H3. The molecule has 0 aliphatic carbocycles. The van der Waals surface area contributed by atoms with E-state index in [0.29, 0.717) is 41.8 Å². The number of benzene rings is 3. The summed E-state index contributed by atoms with van der Waals surface area (Å²) in [5.41, 5.74) is 8.97. The van der Waals surface area contributed by atoms with Crippen LogP contribution < -0.4 is 29.4 Å². The van der Waals surface area contributed by atoms with Crippen molar-refractivity contribution in [2.24, 2.45) is 5.73 Å². The first-order valence-electron chi connectivity index (χ1n) is 12.9. The molecule has 1 unspecified atom stereocenters. The molecule has 3 aromatic rings. The monoisotopic (exact) mass is 528 g/mol. The third-order valence-electron chi connectivity index (χ3n) is 6.12. The molecule has 8 nitrogen and oxygen atoms in total. The van der Waals surface area contributed by atoms with Crippen LogP contribution in [-0.4, -0.2) is 25.8 Å². The average molecular weight is 529 g/mol. The van der Waals surface area contributed by atoms with Crippen LogP contribution in [0.2, 0.25) is 0 Å². The lowest BCUT2D eigenvalue weighted by molar-refractivity contribution is -0.136. The van der Waals surface area contributed by atoms with E-state index in [-0.39, 0.29) is 23.8 Å². The molecule has 0 fully saturated rings. The second kappa shape index (κ2) is 12.7. The van der Waals surface area contributed by atoms with Gasteiger partial charge >= 0.3 is 5.97 Å². The molecular formula is C31H32N2O6. The Morgan fingerprint density at radius 3 is 2.59 bits per heavy atom. The maximum atomic E-state index is 12.4. The number of fused-ring (bicyclic) bond motifs is 1. The van der Waals surface area contributed by atoms with Gasteiger partial charge in [0.25, 0.3) is 0 Å². The molecule has 4 rings (SSSR count). The number of carbonyl (C=O) groups excluding carboxylic acids is 1. The number of nitrogens with zero attached hydrogens (tertiary/aromatic N) is 1. The van der Waals surface area contributed by atoms with E-state index in [4.69, 9.17) is 29.4 Å². The predicted molar refractivity (Wildman–Crippen MR) is 146 cm³/mol. The molecule has 8 heteroatoms. The Bertz CT molecular complexity index is 1410. The van der Waals surface area contributed by atoms with Crippen molar-refractivity contribution >= 4 is 5.97 Å². The summed E-state index contributed by atoms with van der Waals surface area (Å²) in [7, 11) is 0. The number of unbranched alkanes of at least 4 members (excludes halogenated alkanes) is 1. The summed E-state index contributed by atoms with van der Waals surface area (Å²) >= 11 is 0. The maximum absolute atomic E-state index is 12.4. The average Bonchev–Trinajstić information content (AvgIpc) is 2.92. The van der Waals surface area contributed by atoms with E-state index in [9.17, 15) is 10.1 Å². The number of nitrogens with two attached hydrogens (primary N) is 1. The molecule has 2 N–H and O–H groups in total. The zero-order valence-corrected chi connectivity index (χ0v) is 22.4. The molecule has 1 atom stereocenters. The van der Waals surface area contributed by atoms with Gasteiger partial charge in [-0.2, -0.15) is 5.26 Å². The lowest BCUT2D eigenvalue weighted by Gasteiger charge is -2.27. The first-order chi connectivity index (χ1) is 18.9. The number of rotatable bonds is 11. The van der Waals surface area contributed by atoms with E-state index >= 15 is 0 Å². The van der Waals surface area contributed by atoms with Gasteiger partial charge in [-0.15, -0.1) is 0 Å². The van der Waals surface area contributed by atoms with E-state index in [1.807, 2.05) is 50.2 Å². The van der Waals surface area contributed by atoms with E-state index in [1.54, 1.807) is 24.3 Å². The Morgan fingerprint density at radius 1 is 1.00 bits per heavy atom. The fourth-order valence-electron chi connectivity index (χ4n) is 4.27. The Morgan fingerprint density at radius 2 is 1.85 bits per heavy atom. The minimum absolute atomic E-state index is 0.0116. The molecule has 0 radical (unpaired) electrons. The zero-order chi connectivity index (χ0) is 27.8. The number of esters is 1. The molecule has 0 spiro atoms. The van der Waals surface area contributed by atoms with Crippen LogP contribution in [0, 0.1) is 18.3 Å². The summed E-state index contributed by atoms with van der Waals surface area (Å²) in [5, 5.41) is 9.93. The minimum atomic E-state index is -0.565. The first kappa shape index (κ1) is 27.4. The van der Waals surface area contributed by atoms with Crippen molar-refractivity contribution in [3.05, 3.63) is 88.8 Å². The molecule has 1 aliphatic rings. The van der Waals surface area contributed by atoms with Gasteiger partial charge in [0.05, 0.1) is 19.1 Å². The van der Waals surface area contributed by atoms with Crippen molar-refractivity contribution in [1.29, 1.82) is 5.26 Å². The van der Waals surface area contributed by atoms with Gasteiger partial charge in [-0.05, 0) is 61.7 Å². The molecule has 0 saturated heterocycles. The molecular weight excluding hydrogens is 496 g/mol. The van der Waals surface area contributed by atoms with E-state index in [0.717, 1.165) is 24.0 Å². The van der Waals surface area contributed by atoms with Gasteiger partial charge in [-0.25, -0.2) is 4.79 Å². The van der Waals surface area contributed by atoms with E-state index < -0.39 is 11.9 Å². The SMILES string of the molecule is CCCCOc1ccc(C2C(C#N)=C(N)Oc3cc(OC(=O)COc4cccc(C)c4)ccc32)cc1OCC. The summed E-state index contributed by atoms with van der Waals surface area (Å²) in [5.74, 6) is 1.40. The fourth-order valence-corrected chi connectivity index (χ4v) is 4.27. The maximum Gasteiger partial charge on any atom is 0.349 e. The highest BCUT2D eigenvalue weighted by Crippen LogP contribution is 2.45. The Labute approximate surface area is 228 Å². The summed E-state index contributed by atoms with van der Waals surface area (Å²) < 4.78 is 28.5. The number of hydrogen-bond donors (Lipinski definition) is 1. The summed E-state index contributed by atoms with van der Waals surface area (Å²) in [6, 6.07) is 20.2. The van der Waals surface area contributed by atoms with Crippen LogP contribution in [0.1, 0.15) is 49.3 Å². The van der Waals surface area contributed by atoms with E-state index in [1.165, 1.54) is 0 Å². The predicted octanol–water partition coefficient (Wildman–Crippen LogP) is 5.78. The van der Waals surface area contributed by atoms with Gasteiger partial charge in [-0.3, -0.25) is 0 Å².